The maximum Gasteiger partial charge on any atom is 0.348 e. The van der Waals surface area contributed by atoms with Crippen LogP contribution in [0.25, 0.3) is 11.1 Å². The lowest BCUT2D eigenvalue weighted by molar-refractivity contribution is 0.254. The number of carbonyl (C=O) groups excluding carboxylic acids is 1. The highest BCUT2D eigenvalue weighted by Crippen LogP contribution is 2.35. The zero-order valence-electron chi connectivity index (χ0n) is 17.3. The van der Waals surface area contributed by atoms with Crippen molar-refractivity contribution in [3.8, 4) is 11.1 Å². The number of fused-ring (bicyclic) bond motifs is 1. The standard InChI is InChI=1S/C22H19F4N5O/c1-30(2)11-19(13-5-14(23)8-15(24)6-13)28-22(32)31-4-3-12-7-16(18(25)9-20(12)31)17-10-27-29-21(17)26/h5-10H,3-4,11H2,1-2H3,(H,27,29). The van der Waals surface area contributed by atoms with E-state index in [4.69, 9.17) is 0 Å². The van der Waals surface area contributed by atoms with Crippen LogP contribution in [-0.4, -0.2) is 54.0 Å². The van der Waals surface area contributed by atoms with Crippen LogP contribution in [0, 0.1) is 23.4 Å². The van der Waals surface area contributed by atoms with E-state index in [2.05, 4.69) is 15.2 Å². The van der Waals surface area contributed by atoms with Crippen LogP contribution in [0.15, 0.2) is 41.5 Å². The van der Waals surface area contributed by atoms with Crippen LogP contribution in [-0.2, 0) is 6.42 Å². The second-order valence-electron chi connectivity index (χ2n) is 7.70. The summed E-state index contributed by atoms with van der Waals surface area (Å²) in [5.41, 5.74) is 1.31. The summed E-state index contributed by atoms with van der Waals surface area (Å²) < 4.78 is 56.0. The van der Waals surface area contributed by atoms with Gasteiger partial charge in [-0.25, -0.2) is 18.0 Å². The first-order valence-electron chi connectivity index (χ1n) is 9.75. The average Bonchev–Trinajstić information content (AvgIpc) is 3.31. The van der Waals surface area contributed by atoms with Crippen molar-refractivity contribution in [3.63, 3.8) is 0 Å². The van der Waals surface area contributed by atoms with E-state index in [-0.39, 0.29) is 35.5 Å². The summed E-state index contributed by atoms with van der Waals surface area (Å²) in [5.74, 6) is -3.04. The topological polar surface area (TPSA) is 64.6 Å². The number of nitrogens with one attached hydrogen (secondary N) is 1. The number of aromatic nitrogens is 2. The molecule has 166 valence electrons. The molecule has 0 saturated carbocycles. The van der Waals surface area contributed by atoms with E-state index >= 15 is 0 Å². The molecule has 0 bridgehead atoms. The lowest BCUT2D eigenvalue weighted by Crippen LogP contribution is -2.30. The van der Waals surface area contributed by atoms with Crippen LogP contribution >= 0.6 is 0 Å². The molecule has 1 aromatic heterocycles. The van der Waals surface area contributed by atoms with Crippen LogP contribution < -0.4 is 4.90 Å². The van der Waals surface area contributed by atoms with Gasteiger partial charge in [0.05, 0.1) is 23.2 Å². The van der Waals surface area contributed by atoms with E-state index in [9.17, 15) is 22.4 Å². The first-order valence-corrected chi connectivity index (χ1v) is 9.75. The molecule has 6 nitrogen and oxygen atoms in total. The van der Waals surface area contributed by atoms with Gasteiger partial charge in [-0.15, -0.1) is 0 Å². The summed E-state index contributed by atoms with van der Waals surface area (Å²) >= 11 is 0. The van der Waals surface area contributed by atoms with Gasteiger partial charge in [-0.1, -0.05) is 0 Å². The minimum atomic E-state index is -0.786. The van der Waals surface area contributed by atoms with Crippen LogP contribution in [0.5, 0.6) is 0 Å². The van der Waals surface area contributed by atoms with Gasteiger partial charge in [0, 0.05) is 30.3 Å². The Morgan fingerprint density at radius 1 is 1.09 bits per heavy atom. The Labute approximate surface area is 181 Å². The number of hydrogen-bond donors (Lipinski definition) is 1. The number of urea groups is 1. The van der Waals surface area contributed by atoms with Crippen molar-refractivity contribution in [2.24, 2.45) is 4.99 Å². The Hall–Kier alpha value is -3.53. The van der Waals surface area contributed by atoms with Gasteiger partial charge in [0.2, 0.25) is 5.95 Å². The molecule has 3 aromatic rings. The van der Waals surface area contributed by atoms with Crippen molar-refractivity contribution in [1.29, 1.82) is 0 Å². The average molecular weight is 445 g/mol. The van der Waals surface area contributed by atoms with Crippen molar-refractivity contribution in [2.45, 2.75) is 6.42 Å². The van der Waals surface area contributed by atoms with E-state index in [1.54, 1.807) is 19.0 Å². The molecule has 4 rings (SSSR count). The van der Waals surface area contributed by atoms with E-state index in [0.717, 1.165) is 24.3 Å². The van der Waals surface area contributed by atoms with Gasteiger partial charge < -0.3 is 4.90 Å². The number of likely N-dealkylation sites (N-methyl/N-ethyl adjacent to an activating group) is 1. The number of halogens is 4. The van der Waals surface area contributed by atoms with Crippen molar-refractivity contribution in [1.82, 2.24) is 15.1 Å². The Bertz CT molecular complexity index is 1200. The molecule has 2 heterocycles. The minimum Gasteiger partial charge on any atom is -0.304 e. The summed E-state index contributed by atoms with van der Waals surface area (Å²) in [4.78, 5) is 20.1. The maximum absolute atomic E-state index is 14.7. The smallest absolute Gasteiger partial charge is 0.304 e. The first kappa shape index (κ1) is 21.7. The van der Waals surface area contributed by atoms with Crippen LogP contribution in [0.4, 0.5) is 28.0 Å². The monoisotopic (exact) mass is 445 g/mol. The summed E-state index contributed by atoms with van der Waals surface area (Å²) in [6, 6.07) is 4.89. The molecule has 2 aromatic carbocycles. The molecule has 0 atom stereocenters. The number of amides is 2. The number of nitrogens with zero attached hydrogens (tertiary/aromatic N) is 4. The molecule has 0 unspecified atom stereocenters. The van der Waals surface area contributed by atoms with Gasteiger partial charge in [-0.05, 0) is 50.3 Å². The number of hydrogen-bond acceptors (Lipinski definition) is 3. The number of benzene rings is 2. The molecule has 0 saturated heterocycles. The van der Waals surface area contributed by atoms with Gasteiger partial charge >= 0.3 is 6.03 Å². The molecular weight excluding hydrogens is 426 g/mol. The lowest BCUT2D eigenvalue weighted by Gasteiger charge is -2.18. The summed E-state index contributed by atoms with van der Waals surface area (Å²) in [7, 11) is 3.46. The third-order valence-electron chi connectivity index (χ3n) is 5.07. The van der Waals surface area contributed by atoms with Gasteiger partial charge in [-0.2, -0.15) is 14.5 Å². The van der Waals surface area contributed by atoms with Gasteiger partial charge in [0.1, 0.15) is 17.5 Å². The molecule has 1 N–H and O–H groups in total. The largest absolute Gasteiger partial charge is 0.348 e. The number of H-pyrrole nitrogens is 1. The Balaban J connectivity index is 1.69. The highest BCUT2D eigenvalue weighted by Gasteiger charge is 2.28. The van der Waals surface area contributed by atoms with Crippen molar-refractivity contribution >= 4 is 17.4 Å². The van der Waals surface area contributed by atoms with Crippen LogP contribution in [0.3, 0.4) is 0 Å². The zero-order valence-corrected chi connectivity index (χ0v) is 17.3. The molecule has 1 aliphatic heterocycles. The SMILES string of the molecule is CN(C)CC(=NC(=O)N1CCc2cc(-c3cn[nH]c3F)c(F)cc21)c1cc(F)cc(F)c1. The number of aromatic amines is 1. The quantitative estimate of drug-likeness (QED) is 0.484. The number of rotatable bonds is 4. The van der Waals surface area contributed by atoms with Gasteiger partial charge in [0.15, 0.2) is 0 Å². The molecular formula is C22H19F4N5O. The Morgan fingerprint density at radius 3 is 2.44 bits per heavy atom. The van der Waals surface area contributed by atoms with E-state index in [1.807, 2.05) is 0 Å². The number of aliphatic imine (C=N–C) groups is 1. The van der Waals surface area contributed by atoms with Crippen molar-refractivity contribution in [2.75, 3.05) is 32.1 Å². The number of anilines is 1. The van der Waals surface area contributed by atoms with Crippen molar-refractivity contribution < 1.29 is 22.4 Å². The maximum atomic E-state index is 14.7. The summed E-state index contributed by atoms with van der Waals surface area (Å²) in [6.07, 6.45) is 1.61. The second-order valence-corrected chi connectivity index (χ2v) is 7.70. The molecule has 32 heavy (non-hydrogen) atoms. The third kappa shape index (κ3) is 4.26. The molecule has 2 amide bonds. The van der Waals surface area contributed by atoms with Crippen LogP contribution in [0.1, 0.15) is 11.1 Å². The first-order chi connectivity index (χ1) is 15.2. The molecule has 1 aliphatic rings. The molecule has 0 spiro atoms. The van der Waals surface area contributed by atoms with E-state index in [1.165, 1.54) is 17.2 Å². The fourth-order valence-corrected chi connectivity index (χ4v) is 3.66. The highest BCUT2D eigenvalue weighted by molar-refractivity contribution is 6.10. The zero-order chi connectivity index (χ0) is 23.0. The van der Waals surface area contributed by atoms with E-state index < -0.39 is 29.4 Å². The third-order valence-corrected chi connectivity index (χ3v) is 5.07. The van der Waals surface area contributed by atoms with Crippen molar-refractivity contribution in [3.05, 3.63) is 71.1 Å². The fraction of sp³-hybridized carbons (Fsp3) is 0.227. The van der Waals surface area contributed by atoms with Gasteiger partial charge in [0.25, 0.3) is 0 Å². The molecule has 0 fully saturated rings. The van der Waals surface area contributed by atoms with Gasteiger partial charge in [-0.3, -0.25) is 10.00 Å². The fourth-order valence-electron chi connectivity index (χ4n) is 3.66. The molecule has 0 radical (unpaired) electrons. The van der Waals surface area contributed by atoms with Crippen LogP contribution in [0.2, 0.25) is 0 Å². The lowest BCUT2D eigenvalue weighted by atomic mass is 10.0. The summed E-state index contributed by atoms with van der Waals surface area (Å²) in [5, 5.41) is 5.69. The Morgan fingerprint density at radius 2 is 1.81 bits per heavy atom. The highest BCUT2D eigenvalue weighted by atomic mass is 19.1. The normalized spacial score (nSPS) is 13.7. The van der Waals surface area contributed by atoms with E-state index in [0.29, 0.717) is 17.7 Å². The predicted molar refractivity (Wildman–Crippen MR) is 112 cm³/mol. The second kappa shape index (κ2) is 8.54. The number of carbonyl (C=O) groups is 1. The Kier molecular flexibility index (Phi) is 5.79. The predicted octanol–water partition coefficient (Wildman–Crippen LogP) is 4.17. The molecule has 0 aliphatic carbocycles. The summed E-state index contributed by atoms with van der Waals surface area (Å²) in [6.45, 7) is 0.392. The molecule has 10 heteroatoms. The minimum absolute atomic E-state index is 0.00509.